The fourth-order valence-corrected chi connectivity index (χ4v) is 2.86. The van der Waals surface area contributed by atoms with Gasteiger partial charge < -0.3 is 4.90 Å². The van der Waals surface area contributed by atoms with E-state index in [1.165, 1.54) is 12.1 Å². The Labute approximate surface area is 117 Å². The molecule has 0 bridgehead atoms. The van der Waals surface area contributed by atoms with Crippen LogP contribution in [0, 0.1) is 5.82 Å². The minimum absolute atomic E-state index is 0.307. The van der Waals surface area contributed by atoms with Crippen LogP contribution in [0.2, 0.25) is 0 Å². The summed E-state index contributed by atoms with van der Waals surface area (Å²) >= 11 is 0.852. The van der Waals surface area contributed by atoms with E-state index in [0.29, 0.717) is 18.3 Å². The van der Waals surface area contributed by atoms with E-state index < -0.39 is 6.43 Å². The first-order chi connectivity index (χ1) is 9.60. The van der Waals surface area contributed by atoms with Crippen LogP contribution in [0.4, 0.5) is 29.7 Å². The van der Waals surface area contributed by atoms with Gasteiger partial charge in [-0.15, -0.1) is 10.2 Å². The van der Waals surface area contributed by atoms with E-state index in [-0.39, 0.29) is 10.8 Å². The monoisotopic (exact) mass is 300 g/mol. The maximum Gasteiger partial charge on any atom is 0.291 e. The summed E-state index contributed by atoms with van der Waals surface area (Å²) in [6, 6.07) is 4.41. The SMILES string of the molecule is CCN1CN(c2nnc(C(F)F)s2)c2ccc(F)cc21. The van der Waals surface area contributed by atoms with Crippen molar-refractivity contribution in [2.24, 2.45) is 0 Å². The highest BCUT2D eigenvalue weighted by Gasteiger charge is 2.29. The molecule has 20 heavy (non-hydrogen) atoms. The maximum atomic E-state index is 13.3. The van der Waals surface area contributed by atoms with Crippen LogP contribution in [0.15, 0.2) is 18.2 Å². The van der Waals surface area contributed by atoms with Crippen LogP contribution in [0.25, 0.3) is 0 Å². The van der Waals surface area contributed by atoms with E-state index in [2.05, 4.69) is 10.2 Å². The Hall–Kier alpha value is -1.83. The van der Waals surface area contributed by atoms with Crippen molar-refractivity contribution in [2.75, 3.05) is 23.0 Å². The average molecular weight is 300 g/mol. The number of alkyl halides is 2. The summed E-state index contributed by atoms with van der Waals surface area (Å²) in [6.07, 6.45) is -2.63. The number of fused-ring (bicyclic) bond motifs is 1. The molecule has 3 rings (SSSR count). The predicted octanol–water partition coefficient (Wildman–Crippen LogP) is 3.55. The molecule has 0 N–H and O–H groups in total. The molecule has 0 atom stereocenters. The molecule has 4 nitrogen and oxygen atoms in total. The van der Waals surface area contributed by atoms with Crippen molar-refractivity contribution in [2.45, 2.75) is 13.3 Å². The van der Waals surface area contributed by atoms with E-state index in [9.17, 15) is 13.2 Å². The van der Waals surface area contributed by atoms with Crippen LogP contribution in [0.5, 0.6) is 0 Å². The Bertz CT molecular complexity index is 631. The van der Waals surface area contributed by atoms with E-state index >= 15 is 0 Å². The average Bonchev–Trinajstić information content (AvgIpc) is 3.01. The Morgan fingerprint density at radius 2 is 2.10 bits per heavy atom. The lowest BCUT2D eigenvalue weighted by molar-refractivity contribution is 0.150. The second-order valence-electron chi connectivity index (χ2n) is 4.28. The van der Waals surface area contributed by atoms with Gasteiger partial charge in [-0.25, -0.2) is 13.2 Å². The minimum Gasteiger partial charge on any atom is -0.352 e. The van der Waals surface area contributed by atoms with Crippen LogP contribution in [-0.2, 0) is 0 Å². The zero-order valence-electron chi connectivity index (χ0n) is 10.6. The molecule has 1 aliphatic rings. The highest BCUT2D eigenvalue weighted by Crippen LogP contribution is 2.42. The molecule has 1 aromatic carbocycles. The molecular formula is C12H11F3N4S. The Balaban J connectivity index is 2.00. The Kier molecular flexibility index (Phi) is 3.25. The van der Waals surface area contributed by atoms with Crippen LogP contribution in [0.3, 0.4) is 0 Å². The largest absolute Gasteiger partial charge is 0.352 e. The Morgan fingerprint density at radius 3 is 2.75 bits per heavy atom. The molecule has 0 aliphatic carbocycles. The van der Waals surface area contributed by atoms with Crippen molar-refractivity contribution < 1.29 is 13.2 Å². The molecule has 0 saturated carbocycles. The standard InChI is InChI=1S/C12H11F3N4S/c1-2-18-6-19(8-4-3-7(13)5-9(8)18)12-17-16-11(20-12)10(14)15/h3-5,10H,2,6H2,1H3. The predicted molar refractivity (Wildman–Crippen MR) is 71.3 cm³/mol. The first-order valence-corrected chi connectivity index (χ1v) is 6.85. The molecule has 2 aromatic rings. The van der Waals surface area contributed by atoms with Crippen molar-refractivity contribution >= 4 is 27.8 Å². The van der Waals surface area contributed by atoms with Crippen molar-refractivity contribution in [3.63, 3.8) is 0 Å². The van der Waals surface area contributed by atoms with Crippen molar-refractivity contribution in [1.29, 1.82) is 0 Å². The normalized spacial score (nSPS) is 14.2. The molecule has 8 heteroatoms. The number of hydrogen-bond donors (Lipinski definition) is 0. The smallest absolute Gasteiger partial charge is 0.291 e. The molecule has 0 amide bonds. The van der Waals surface area contributed by atoms with Gasteiger partial charge in [0.1, 0.15) is 5.82 Å². The van der Waals surface area contributed by atoms with Crippen molar-refractivity contribution in [3.8, 4) is 0 Å². The van der Waals surface area contributed by atoms with Crippen LogP contribution >= 0.6 is 11.3 Å². The molecule has 0 spiro atoms. The van der Waals surface area contributed by atoms with E-state index in [1.54, 1.807) is 11.0 Å². The second-order valence-corrected chi connectivity index (χ2v) is 5.27. The zero-order valence-corrected chi connectivity index (χ0v) is 11.4. The van der Waals surface area contributed by atoms with Crippen LogP contribution in [0.1, 0.15) is 18.4 Å². The lowest BCUT2D eigenvalue weighted by atomic mass is 10.2. The quantitative estimate of drug-likeness (QED) is 0.867. The topological polar surface area (TPSA) is 32.3 Å². The molecular weight excluding hydrogens is 289 g/mol. The van der Waals surface area contributed by atoms with Gasteiger partial charge in [0.15, 0.2) is 5.01 Å². The lowest BCUT2D eigenvalue weighted by Crippen LogP contribution is -2.27. The Morgan fingerprint density at radius 1 is 1.30 bits per heavy atom. The van der Waals surface area contributed by atoms with Gasteiger partial charge in [0, 0.05) is 6.54 Å². The maximum absolute atomic E-state index is 13.3. The molecule has 106 valence electrons. The number of anilines is 3. The molecule has 0 saturated heterocycles. The number of hydrogen-bond acceptors (Lipinski definition) is 5. The van der Waals surface area contributed by atoms with Crippen LogP contribution < -0.4 is 9.80 Å². The number of halogens is 3. The third kappa shape index (κ3) is 2.09. The number of nitrogens with zero attached hydrogens (tertiary/aromatic N) is 4. The summed E-state index contributed by atoms with van der Waals surface area (Å²) in [5.41, 5.74) is 1.49. The summed E-state index contributed by atoms with van der Waals surface area (Å²) in [4.78, 5) is 3.71. The highest BCUT2D eigenvalue weighted by atomic mass is 32.1. The van der Waals surface area contributed by atoms with Gasteiger partial charge in [-0.05, 0) is 25.1 Å². The first kappa shape index (κ1) is 13.2. The third-order valence-corrected chi connectivity index (χ3v) is 4.06. The van der Waals surface area contributed by atoms with E-state index in [4.69, 9.17) is 0 Å². The van der Waals surface area contributed by atoms with E-state index in [0.717, 1.165) is 22.7 Å². The summed E-state index contributed by atoms with van der Waals surface area (Å²) in [5.74, 6) is -0.324. The number of rotatable bonds is 3. The molecule has 0 fully saturated rings. The van der Waals surface area contributed by atoms with Crippen molar-refractivity contribution in [3.05, 3.63) is 29.0 Å². The lowest BCUT2D eigenvalue weighted by Gasteiger charge is -2.17. The second kappa shape index (κ2) is 4.93. The minimum atomic E-state index is -2.63. The van der Waals surface area contributed by atoms with Gasteiger partial charge in [-0.1, -0.05) is 11.3 Å². The molecule has 1 aromatic heterocycles. The van der Waals surface area contributed by atoms with E-state index in [1.807, 2.05) is 11.8 Å². The van der Waals surface area contributed by atoms with Crippen LogP contribution in [-0.4, -0.2) is 23.4 Å². The highest BCUT2D eigenvalue weighted by molar-refractivity contribution is 7.15. The van der Waals surface area contributed by atoms with Gasteiger partial charge in [0.05, 0.1) is 18.0 Å². The summed E-state index contributed by atoms with van der Waals surface area (Å²) in [6.45, 7) is 3.09. The summed E-state index contributed by atoms with van der Waals surface area (Å²) in [7, 11) is 0. The van der Waals surface area contributed by atoms with Gasteiger partial charge in [0.25, 0.3) is 6.43 Å². The van der Waals surface area contributed by atoms with Gasteiger partial charge >= 0.3 is 0 Å². The van der Waals surface area contributed by atoms with Crippen molar-refractivity contribution in [1.82, 2.24) is 10.2 Å². The fourth-order valence-electron chi connectivity index (χ4n) is 2.16. The summed E-state index contributed by atoms with van der Waals surface area (Å²) < 4.78 is 38.5. The molecule has 0 unspecified atom stereocenters. The molecule has 2 heterocycles. The third-order valence-electron chi connectivity index (χ3n) is 3.11. The summed E-state index contributed by atoms with van der Waals surface area (Å²) in [5, 5.41) is 7.38. The first-order valence-electron chi connectivity index (χ1n) is 6.03. The number of benzene rings is 1. The van der Waals surface area contributed by atoms with Gasteiger partial charge in [-0.3, -0.25) is 4.90 Å². The molecule has 0 radical (unpaired) electrons. The molecule has 1 aliphatic heterocycles. The fraction of sp³-hybridized carbons (Fsp3) is 0.333. The zero-order chi connectivity index (χ0) is 14.3. The van der Waals surface area contributed by atoms with Gasteiger partial charge in [0.2, 0.25) is 5.13 Å². The van der Waals surface area contributed by atoms with Gasteiger partial charge in [-0.2, -0.15) is 0 Å². The number of aromatic nitrogens is 2.